The second kappa shape index (κ2) is 8.85. The summed E-state index contributed by atoms with van der Waals surface area (Å²) in [7, 11) is 4.78. The molecule has 2 atom stereocenters. The first-order chi connectivity index (χ1) is 16.6. The van der Waals surface area contributed by atoms with Gasteiger partial charge in [0.2, 0.25) is 12.0 Å². The molecular formula is C26H28N2O6. The smallest absolute Gasteiger partial charge is 0.217 e. The number of ether oxygens (including phenoxy) is 5. The van der Waals surface area contributed by atoms with Crippen molar-refractivity contribution in [3.63, 3.8) is 0 Å². The van der Waals surface area contributed by atoms with Crippen LogP contribution in [0.25, 0.3) is 0 Å². The monoisotopic (exact) mass is 464 g/mol. The van der Waals surface area contributed by atoms with Crippen LogP contribution in [-0.4, -0.2) is 38.7 Å². The van der Waals surface area contributed by atoms with Crippen molar-refractivity contribution in [2.24, 2.45) is 5.10 Å². The summed E-state index contributed by atoms with van der Waals surface area (Å²) in [5, 5.41) is 6.93. The molecule has 1 aromatic heterocycles. The summed E-state index contributed by atoms with van der Waals surface area (Å²) in [4.78, 5) is 0. The lowest BCUT2D eigenvalue weighted by atomic mass is 9.96. The first-order valence-corrected chi connectivity index (χ1v) is 11.2. The molecule has 0 fully saturated rings. The SMILES string of the molecule is CCOc1cccc2c1OC(c1ccc(OC)c(OC)c1OC)N1N=C(c3ccc(C)o3)CC21. The van der Waals surface area contributed by atoms with E-state index in [1.807, 2.05) is 55.3 Å². The molecule has 178 valence electrons. The van der Waals surface area contributed by atoms with Gasteiger partial charge in [-0.15, -0.1) is 0 Å². The summed E-state index contributed by atoms with van der Waals surface area (Å²) in [6, 6.07) is 13.6. The average Bonchev–Trinajstić information content (AvgIpc) is 3.49. The fourth-order valence-electron chi connectivity index (χ4n) is 4.62. The minimum Gasteiger partial charge on any atom is -0.493 e. The van der Waals surface area contributed by atoms with Crippen LogP contribution < -0.4 is 23.7 Å². The molecular weight excluding hydrogens is 436 g/mol. The molecule has 5 rings (SSSR count). The molecule has 0 saturated carbocycles. The van der Waals surface area contributed by atoms with E-state index in [-0.39, 0.29) is 6.04 Å². The Kier molecular flexibility index (Phi) is 5.73. The number of rotatable bonds is 7. The maximum absolute atomic E-state index is 6.61. The molecule has 0 amide bonds. The first-order valence-electron chi connectivity index (χ1n) is 11.2. The standard InChI is InChI=1S/C26H28N2O6/c1-6-32-22-9-7-8-16-19-14-18(20-12-10-15(2)33-20)27-28(19)26(34-23(16)22)17-11-13-21(29-3)25(31-5)24(17)30-4/h7-13,19,26H,6,14H2,1-5H3. The van der Waals surface area contributed by atoms with Crippen LogP contribution in [0.5, 0.6) is 28.7 Å². The van der Waals surface area contributed by atoms with Crippen LogP contribution in [0, 0.1) is 6.92 Å². The van der Waals surface area contributed by atoms with Crippen molar-refractivity contribution in [1.29, 1.82) is 0 Å². The number of para-hydroxylation sites is 1. The van der Waals surface area contributed by atoms with Gasteiger partial charge in [-0.3, -0.25) is 0 Å². The summed E-state index contributed by atoms with van der Waals surface area (Å²) in [5.74, 6) is 4.61. The van der Waals surface area contributed by atoms with E-state index in [0.29, 0.717) is 41.8 Å². The van der Waals surface area contributed by atoms with E-state index in [0.717, 1.165) is 28.4 Å². The second-order valence-corrected chi connectivity index (χ2v) is 8.06. The van der Waals surface area contributed by atoms with Crippen LogP contribution in [0.4, 0.5) is 0 Å². The number of hydrogen-bond acceptors (Lipinski definition) is 8. The summed E-state index contributed by atoms with van der Waals surface area (Å²) >= 11 is 0. The Bertz CT molecular complexity index is 1230. The summed E-state index contributed by atoms with van der Waals surface area (Å²) in [6.07, 6.45) is 0.0905. The Hall–Kier alpha value is -3.81. The normalized spacial score (nSPS) is 18.5. The highest BCUT2D eigenvalue weighted by molar-refractivity contribution is 5.99. The molecule has 0 spiro atoms. The Morgan fingerprint density at radius 1 is 0.941 bits per heavy atom. The molecule has 2 unspecified atom stereocenters. The summed E-state index contributed by atoms with van der Waals surface area (Å²) < 4.78 is 35.3. The minimum atomic E-state index is -0.581. The van der Waals surface area contributed by atoms with Crippen molar-refractivity contribution in [2.45, 2.75) is 32.5 Å². The zero-order valence-corrected chi connectivity index (χ0v) is 20.0. The van der Waals surface area contributed by atoms with Gasteiger partial charge in [-0.1, -0.05) is 12.1 Å². The molecule has 2 aromatic carbocycles. The Morgan fingerprint density at radius 3 is 2.44 bits per heavy atom. The number of furan rings is 1. The quantitative estimate of drug-likeness (QED) is 0.472. The fraction of sp³-hybridized carbons (Fsp3) is 0.346. The van der Waals surface area contributed by atoms with Crippen LogP contribution in [-0.2, 0) is 0 Å². The molecule has 8 nitrogen and oxygen atoms in total. The molecule has 3 aromatic rings. The second-order valence-electron chi connectivity index (χ2n) is 8.06. The number of benzene rings is 2. The van der Waals surface area contributed by atoms with Crippen LogP contribution in [0.15, 0.2) is 52.0 Å². The number of aryl methyl sites for hydroxylation is 1. The number of hydrazone groups is 1. The van der Waals surface area contributed by atoms with Gasteiger partial charge in [0.25, 0.3) is 0 Å². The molecule has 0 aliphatic carbocycles. The maximum Gasteiger partial charge on any atom is 0.217 e. The third-order valence-electron chi connectivity index (χ3n) is 6.11. The highest BCUT2D eigenvalue weighted by atomic mass is 16.5. The van der Waals surface area contributed by atoms with Gasteiger partial charge in [0.05, 0.1) is 39.5 Å². The third-order valence-corrected chi connectivity index (χ3v) is 6.11. The van der Waals surface area contributed by atoms with E-state index < -0.39 is 6.23 Å². The topological polar surface area (TPSA) is 74.9 Å². The highest BCUT2D eigenvalue weighted by Gasteiger charge is 2.44. The molecule has 2 aliphatic rings. The van der Waals surface area contributed by atoms with Crippen LogP contribution in [0.3, 0.4) is 0 Å². The summed E-state index contributed by atoms with van der Waals surface area (Å²) in [5.41, 5.74) is 2.65. The molecule has 0 bridgehead atoms. The number of hydrogen-bond donors (Lipinski definition) is 0. The van der Waals surface area contributed by atoms with E-state index in [2.05, 4.69) is 6.07 Å². The third kappa shape index (κ3) is 3.50. The Labute approximate surface area is 198 Å². The number of methoxy groups -OCH3 is 3. The lowest BCUT2D eigenvalue weighted by Crippen LogP contribution is -2.34. The Morgan fingerprint density at radius 2 is 1.76 bits per heavy atom. The van der Waals surface area contributed by atoms with Gasteiger partial charge >= 0.3 is 0 Å². The predicted molar refractivity (Wildman–Crippen MR) is 126 cm³/mol. The lowest BCUT2D eigenvalue weighted by molar-refractivity contribution is -0.0227. The zero-order chi connectivity index (χ0) is 23.8. The molecule has 0 saturated heterocycles. The van der Waals surface area contributed by atoms with Gasteiger partial charge in [0.1, 0.15) is 17.2 Å². The van der Waals surface area contributed by atoms with Gasteiger partial charge < -0.3 is 28.1 Å². The first kappa shape index (κ1) is 22.0. The minimum absolute atomic E-state index is 0.0626. The van der Waals surface area contributed by atoms with Crippen LogP contribution in [0.1, 0.15) is 48.3 Å². The predicted octanol–water partition coefficient (Wildman–Crippen LogP) is 5.25. The molecule has 3 heterocycles. The van der Waals surface area contributed by atoms with Gasteiger partial charge in [0, 0.05) is 12.0 Å². The molecule has 2 aliphatic heterocycles. The van der Waals surface area contributed by atoms with Gasteiger partial charge in [-0.05, 0) is 44.2 Å². The molecule has 0 N–H and O–H groups in total. The van der Waals surface area contributed by atoms with Crippen molar-refractivity contribution in [2.75, 3.05) is 27.9 Å². The van der Waals surface area contributed by atoms with Crippen LogP contribution >= 0.6 is 0 Å². The van der Waals surface area contributed by atoms with Crippen LogP contribution in [0.2, 0.25) is 0 Å². The van der Waals surface area contributed by atoms with Crippen molar-refractivity contribution in [3.8, 4) is 28.7 Å². The van der Waals surface area contributed by atoms with Crippen molar-refractivity contribution in [1.82, 2.24) is 5.01 Å². The molecule has 34 heavy (non-hydrogen) atoms. The van der Waals surface area contributed by atoms with Gasteiger partial charge in [-0.2, -0.15) is 5.10 Å². The fourth-order valence-corrected chi connectivity index (χ4v) is 4.62. The highest BCUT2D eigenvalue weighted by Crippen LogP contribution is 2.53. The molecule has 0 radical (unpaired) electrons. The Balaban J connectivity index is 1.67. The van der Waals surface area contributed by atoms with Gasteiger partial charge in [0.15, 0.2) is 23.0 Å². The lowest BCUT2D eigenvalue weighted by Gasteiger charge is -2.39. The van der Waals surface area contributed by atoms with Crippen molar-refractivity contribution < 1.29 is 28.1 Å². The van der Waals surface area contributed by atoms with Gasteiger partial charge in [-0.25, -0.2) is 5.01 Å². The van der Waals surface area contributed by atoms with Crippen molar-refractivity contribution >= 4 is 5.71 Å². The van der Waals surface area contributed by atoms with E-state index in [4.69, 9.17) is 33.2 Å². The summed E-state index contributed by atoms with van der Waals surface area (Å²) in [6.45, 7) is 4.42. The number of nitrogens with zero attached hydrogens (tertiary/aromatic N) is 2. The van der Waals surface area contributed by atoms with E-state index in [9.17, 15) is 0 Å². The molecule has 8 heteroatoms. The number of fused-ring (bicyclic) bond motifs is 3. The average molecular weight is 465 g/mol. The van der Waals surface area contributed by atoms with E-state index in [1.165, 1.54) is 0 Å². The largest absolute Gasteiger partial charge is 0.493 e. The van der Waals surface area contributed by atoms with Crippen molar-refractivity contribution in [3.05, 3.63) is 65.1 Å². The maximum atomic E-state index is 6.61. The zero-order valence-electron chi connectivity index (χ0n) is 20.0. The van der Waals surface area contributed by atoms with E-state index in [1.54, 1.807) is 21.3 Å². The van der Waals surface area contributed by atoms with E-state index >= 15 is 0 Å².